The second-order valence-electron chi connectivity index (χ2n) is 7.22. The van der Waals surface area contributed by atoms with E-state index in [-0.39, 0.29) is 23.7 Å². The molecule has 26 heavy (non-hydrogen) atoms. The first kappa shape index (κ1) is 19.9. The first-order valence-electron chi connectivity index (χ1n) is 8.87. The minimum atomic E-state index is -0.141. The largest absolute Gasteiger partial charge is 0.359 e. The molecule has 0 N–H and O–H groups in total. The monoisotopic (exact) mass is 360 g/mol. The number of nitrogens with zero attached hydrogens (tertiary/aromatic N) is 4. The average Bonchev–Trinajstić information content (AvgIpc) is 3.11. The van der Waals surface area contributed by atoms with Crippen molar-refractivity contribution in [2.24, 2.45) is 0 Å². The average molecular weight is 360 g/mol. The number of carbonyl (C=O) groups is 2. The fourth-order valence-electron chi connectivity index (χ4n) is 3.09. The number of carbonyl (C=O) groups excluding carboxylic acids is 2. The number of hydrogen-bond acceptors (Lipinski definition) is 5. The fourth-order valence-corrected chi connectivity index (χ4v) is 3.09. The smallest absolute Gasteiger partial charge is 0.224 e. The molecule has 0 saturated heterocycles. The number of Topliss-reactive ketones (excluding diaryl/α,β-unsaturated/α-hetero) is 1. The van der Waals surface area contributed by atoms with Crippen LogP contribution in [0.15, 0.2) is 10.6 Å². The molecule has 0 spiro atoms. The van der Waals surface area contributed by atoms with E-state index in [9.17, 15) is 9.59 Å². The summed E-state index contributed by atoms with van der Waals surface area (Å²) in [6.07, 6.45) is 0.293. The van der Waals surface area contributed by atoms with Crippen LogP contribution in [0.1, 0.15) is 79.3 Å². The van der Waals surface area contributed by atoms with E-state index < -0.39 is 0 Å². The third-order valence-electron chi connectivity index (χ3n) is 4.55. The standard InChI is InChI=1S/C19H28N4O3/c1-11(2)17-9-16(26-21-17)10-22(7)18(25)8-12(3)23-14(5)19(15(6)24)13(4)20-23/h9,11-12H,8,10H2,1-7H3. The maximum atomic E-state index is 12.6. The van der Waals surface area contributed by atoms with Crippen LogP contribution in [0.4, 0.5) is 0 Å². The SMILES string of the molecule is CC(=O)c1c(C)nn(C(C)CC(=O)N(C)Cc2cc(C(C)C)no2)c1C. The summed E-state index contributed by atoms with van der Waals surface area (Å²) in [5.74, 6) is 0.933. The zero-order valence-corrected chi connectivity index (χ0v) is 16.7. The zero-order valence-electron chi connectivity index (χ0n) is 16.7. The van der Waals surface area contributed by atoms with Gasteiger partial charge in [0, 0.05) is 25.2 Å². The number of amides is 1. The van der Waals surface area contributed by atoms with E-state index in [0.29, 0.717) is 30.0 Å². The van der Waals surface area contributed by atoms with E-state index in [1.54, 1.807) is 16.6 Å². The molecule has 0 aliphatic heterocycles. The molecular weight excluding hydrogens is 332 g/mol. The van der Waals surface area contributed by atoms with Gasteiger partial charge in [-0.15, -0.1) is 0 Å². The Morgan fingerprint density at radius 1 is 1.27 bits per heavy atom. The molecule has 0 aromatic carbocycles. The highest BCUT2D eigenvalue weighted by molar-refractivity contribution is 5.96. The van der Waals surface area contributed by atoms with Crippen molar-refractivity contribution in [1.29, 1.82) is 0 Å². The van der Waals surface area contributed by atoms with Crippen molar-refractivity contribution in [2.45, 2.75) is 66.5 Å². The van der Waals surface area contributed by atoms with Crippen molar-refractivity contribution in [3.63, 3.8) is 0 Å². The minimum absolute atomic E-state index is 0.00632. The fraction of sp³-hybridized carbons (Fsp3) is 0.579. The third kappa shape index (κ3) is 4.20. The Morgan fingerprint density at radius 2 is 1.92 bits per heavy atom. The third-order valence-corrected chi connectivity index (χ3v) is 4.55. The molecule has 0 aliphatic carbocycles. The van der Waals surface area contributed by atoms with Crippen molar-refractivity contribution in [3.05, 3.63) is 34.5 Å². The van der Waals surface area contributed by atoms with Crippen LogP contribution in [0.5, 0.6) is 0 Å². The maximum Gasteiger partial charge on any atom is 0.224 e. The Labute approximate surface area is 154 Å². The second kappa shape index (κ2) is 7.85. The number of rotatable bonds is 7. The molecule has 2 aromatic rings. The van der Waals surface area contributed by atoms with Crippen molar-refractivity contribution in [3.8, 4) is 0 Å². The topological polar surface area (TPSA) is 81.2 Å². The lowest BCUT2D eigenvalue weighted by atomic mass is 10.1. The van der Waals surface area contributed by atoms with E-state index >= 15 is 0 Å². The zero-order chi connectivity index (χ0) is 19.6. The molecule has 2 aromatic heterocycles. The lowest BCUT2D eigenvalue weighted by Crippen LogP contribution is -2.28. The van der Waals surface area contributed by atoms with Gasteiger partial charge in [0.05, 0.1) is 29.5 Å². The maximum absolute atomic E-state index is 12.6. The molecule has 1 amide bonds. The van der Waals surface area contributed by atoms with Crippen molar-refractivity contribution >= 4 is 11.7 Å². The summed E-state index contributed by atoms with van der Waals surface area (Å²) in [5, 5.41) is 8.47. The van der Waals surface area contributed by atoms with Gasteiger partial charge in [0.1, 0.15) is 0 Å². The molecule has 1 atom stereocenters. The van der Waals surface area contributed by atoms with Crippen LogP contribution in [0, 0.1) is 13.8 Å². The van der Waals surface area contributed by atoms with Gasteiger partial charge in [0.25, 0.3) is 0 Å². The van der Waals surface area contributed by atoms with E-state index in [1.807, 2.05) is 40.7 Å². The van der Waals surface area contributed by atoms with Crippen molar-refractivity contribution in [2.75, 3.05) is 7.05 Å². The summed E-state index contributed by atoms with van der Waals surface area (Å²) in [6, 6.07) is 1.75. The van der Waals surface area contributed by atoms with E-state index in [4.69, 9.17) is 4.52 Å². The first-order valence-corrected chi connectivity index (χ1v) is 8.87. The Morgan fingerprint density at radius 3 is 2.42 bits per heavy atom. The summed E-state index contributed by atoms with van der Waals surface area (Å²) < 4.78 is 7.07. The van der Waals surface area contributed by atoms with E-state index in [2.05, 4.69) is 10.3 Å². The van der Waals surface area contributed by atoms with Gasteiger partial charge in [0.15, 0.2) is 11.5 Å². The molecule has 7 nitrogen and oxygen atoms in total. The number of hydrogen-bond donors (Lipinski definition) is 0. The van der Waals surface area contributed by atoms with E-state index in [0.717, 1.165) is 11.4 Å². The molecule has 7 heteroatoms. The van der Waals surface area contributed by atoms with Crippen LogP contribution in [0.2, 0.25) is 0 Å². The highest BCUT2D eigenvalue weighted by Crippen LogP contribution is 2.21. The molecule has 2 rings (SSSR count). The highest BCUT2D eigenvalue weighted by atomic mass is 16.5. The molecule has 0 bridgehead atoms. The molecule has 0 radical (unpaired) electrons. The number of aryl methyl sites for hydroxylation is 1. The lowest BCUT2D eigenvalue weighted by molar-refractivity contribution is -0.131. The first-order chi connectivity index (χ1) is 12.1. The quantitative estimate of drug-likeness (QED) is 0.707. The Balaban J connectivity index is 2.04. The lowest BCUT2D eigenvalue weighted by Gasteiger charge is -2.19. The highest BCUT2D eigenvalue weighted by Gasteiger charge is 2.22. The van der Waals surface area contributed by atoms with Gasteiger partial charge in [-0.2, -0.15) is 5.10 Å². The van der Waals surface area contributed by atoms with Gasteiger partial charge in [-0.3, -0.25) is 14.3 Å². The predicted molar refractivity (Wildman–Crippen MR) is 98.1 cm³/mol. The molecule has 0 aliphatic rings. The second-order valence-corrected chi connectivity index (χ2v) is 7.22. The molecule has 142 valence electrons. The predicted octanol–water partition coefficient (Wildman–Crippen LogP) is 3.42. The van der Waals surface area contributed by atoms with Gasteiger partial charge in [0.2, 0.25) is 5.91 Å². The van der Waals surface area contributed by atoms with Crippen LogP contribution in [0.3, 0.4) is 0 Å². The molecule has 0 saturated carbocycles. The van der Waals surface area contributed by atoms with Crippen LogP contribution in [0.25, 0.3) is 0 Å². The summed E-state index contributed by atoms with van der Waals surface area (Å²) in [7, 11) is 1.74. The summed E-state index contributed by atoms with van der Waals surface area (Å²) in [5.41, 5.74) is 3.02. The molecule has 2 heterocycles. The Hall–Kier alpha value is -2.44. The minimum Gasteiger partial charge on any atom is -0.359 e. The number of aromatic nitrogens is 3. The van der Waals surface area contributed by atoms with Gasteiger partial charge < -0.3 is 9.42 Å². The molecule has 1 unspecified atom stereocenters. The molecule has 0 fully saturated rings. The Kier molecular flexibility index (Phi) is 6.00. The van der Waals surface area contributed by atoms with Gasteiger partial charge in [-0.1, -0.05) is 19.0 Å². The Bertz CT molecular complexity index is 804. The normalized spacial score (nSPS) is 12.5. The van der Waals surface area contributed by atoms with Crippen LogP contribution >= 0.6 is 0 Å². The molecular formula is C19H28N4O3. The van der Waals surface area contributed by atoms with Crippen LogP contribution in [-0.2, 0) is 11.3 Å². The number of ketones is 1. The van der Waals surface area contributed by atoms with Crippen molar-refractivity contribution < 1.29 is 14.1 Å². The van der Waals surface area contributed by atoms with E-state index in [1.165, 1.54) is 6.92 Å². The summed E-state index contributed by atoms with van der Waals surface area (Å²) >= 11 is 0. The summed E-state index contributed by atoms with van der Waals surface area (Å²) in [6.45, 7) is 11.6. The van der Waals surface area contributed by atoms with Gasteiger partial charge in [-0.05, 0) is 33.6 Å². The van der Waals surface area contributed by atoms with Gasteiger partial charge in [-0.25, -0.2) is 0 Å². The summed E-state index contributed by atoms with van der Waals surface area (Å²) in [4.78, 5) is 25.9. The van der Waals surface area contributed by atoms with Gasteiger partial charge >= 0.3 is 0 Å². The van der Waals surface area contributed by atoms with Crippen LogP contribution in [-0.4, -0.2) is 38.6 Å². The van der Waals surface area contributed by atoms with Crippen molar-refractivity contribution in [1.82, 2.24) is 19.8 Å². The van der Waals surface area contributed by atoms with Crippen LogP contribution < -0.4 is 0 Å².